The zero-order valence-electron chi connectivity index (χ0n) is 6.47. The summed E-state index contributed by atoms with van der Waals surface area (Å²) in [6.45, 7) is 7.99. The van der Waals surface area contributed by atoms with Crippen LogP contribution in [0, 0.1) is 0 Å². The van der Waals surface area contributed by atoms with Gasteiger partial charge in [-0.05, 0) is 12.0 Å². The van der Waals surface area contributed by atoms with Crippen molar-refractivity contribution >= 4 is 0 Å². The van der Waals surface area contributed by atoms with Crippen LogP contribution in [0.5, 0.6) is 0 Å². The lowest BCUT2D eigenvalue weighted by Gasteiger charge is -1.97. The lowest BCUT2D eigenvalue weighted by atomic mass is 10.2. The molecule has 0 unspecified atom stereocenters. The van der Waals surface area contributed by atoms with Gasteiger partial charge >= 0.3 is 0 Å². The van der Waals surface area contributed by atoms with E-state index in [9.17, 15) is 0 Å². The molecule has 0 aliphatic rings. The summed E-state index contributed by atoms with van der Waals surface area (Å²) in [4.78, 5) is 0. The Balaban J connectivity index is 3.70. The monoisotopic (exact) mass is 138 g/mol. The second kappa shape index (κ2) is 6.30. The van der Waals surface area contributed by atoms with Crippen LogP contribution in [0.2, 0.25) is 0 Å². The predicted molar refractivity (Wildman–Crippen MR) is 45.0 cm³/mol. The van der Waals surface area contributed by atoms with E-state index in [4.69, 9.17) is 4.74 Å². The second-order valence-electron chi connectivity index (χ2n) is 1.92. The third-order valence-corrected chi connectivity index (χ3v) is 1.19. The van der Waals surface area contributed by atoms with Crippen LogP contribution in [-0.4, -0.2) is 13.7 Å². The molecule has 0 aromatic rings. The fourth-order valence-corrected chi connectivity index (χ4v) is 0.625. The van der Waals surface area contributed by atoms with Crippen molar-refractivity contribution in [3.8, 4) is 0 Å². The summed E-state index contributed by atoms with van der Waals surface area (Å²) in [5, 5.41) is 0. The van der Waals surface area contributed by atoms with Crippen molar-refractivity contribution in [2.45, 2.75) is 6.42 Å². The molecule has 0 fully saturated rings. The van der Waals surface area contributed by atoms with E-state index < -0.39 is 0 Å². The quantitative estimate of drug-likeness (QED) is 0.530. The van der Waals surface area contributed by atoms with Gasteiger partial charge in [-0.3, -0.25) is 0 Å². The molecule has 56 valence electrons. The molecular weight excluding hydrogens is 124 g/mol. The molecule has 0 rings (SSSR count). The van der Waals surface area contributed by atoms with E-state index >= 15 is 0 Å². The van der Waals surface area contributed by atoms with Crippen LogP contribution in [0.3, 0.4) is 0 Å². The maximum absolute atomic E-state index is 4.90. The minimum atomic E-state index is 0.742. The fourth-order valence-electron chi connectivity index (χ4n) is 0.625. The molecule has 0 saturated heterocycles. The average molecular weight is 138 g/mol. The van der Waals surface area contributed by atoms with Gasteiger partial charge in [0.1, 0.15) is 0 Å². The summed E-state index contributed by atoms with van der Waals surface area (Å²) in [6.07, 6.45) is 6.42. The summed E-state index contributed by atoms with van der Waals surface area (Å²) >= 11 is 0. The van der Waals surface area contributed by atoms with Crippen LogP contribution in [0.4, 0.5) is 0 Å². The first-order valence-electron chi connectivity index (χ1n) is 3.28. The Morgan fingerprint density at radius 1 is 1.50 bits per heavy atom. The average Bonchev–Trinajstić information content (AvgIpc) is 1.98. The molecule has 0 aliphatic heterocycles. The first-order valence-corrected chi connectivity index (χ1v) is 3.28. The first kappa shape index (κ1) is 9.18. The molecule has 0 aliphatic carbocycles. The van der Waals surface area contributed by atoms with Crippen molar-refractivity contribution in [3.05, 3.63) is 37.0 Å². The van der Waals surface area contributed by atoms with Crippen LogP contribution in [0.15, 0.2) is 37.0 Å². The van der Waals surface area contributed by atoms with Gasteiger partial charge in [0.2, 0.25) is 0 Å². The molecule has 0 N–H and O–H groups in total. The van der Waals surface area contributed by atoms with E-state index in [1.54, 1.807) is 13.2 Å². The standard InChI is InChI=1S/C9H14O/c1-4-6-9(5-2)7-8-10-3/h4-6H,1-2,7-8H2,3H3/b9-6+. The molecule has 1 heteroatoms. The molecule has 0 aromatic heterocycles. The van der Waals surface area contributed by atoms with Crippen LogP contribution >= 0.6 is 0 Å². The van der Waals surface area contributed by atoms with Gasteiger partial charge in [-0.1, -0.05) is 31.4 Å². The van der Waals surface area contributed by atoms with E-state index in [0.29, 0.717) is 0 Å². The molecular formula is C9H14O. The van der Waals surface area contributed by atoms with Crippen molar-refractivity contribution in [1.82, 2.24) is 0 Å². The van der Waals surface area contributed by atoms with Crippen molar-refractivity contribution < 1.29 is 4.74 Å². The summed E-state index contributed by atoms with van der Waals surface area (Å²) < 4.78 is 4.90. The van der Waals surface area contributed by atoms with E-state index in [-0.39, 0.29) is 0 Å². The normalized spacial score (nSPS) is 11.1. The van der Waals surface area contributed by atoms with E-state index in [1.807, 2.05) is 12.2 Å². The fraction of sp³-hybridized carbons (Fsp3) is 0.333. The summed E-state index contributed by atoms with van der Waals surface area (Å²) in [6, 6.07) is 0. The molecule has 0 aromatic carbocycles. The minimum Gasteiger partial charge on any atom is -0.384 e. The maximum atomic E-state index is 4.90. The lowest BCUT2D eigenvalue weighted by molar-refractivity contribution is 0.203. The van der Waals surface area contributed by atoms with Gasteiger partial charge in [0, 0.05) is 7.11 Å². The molecule has 1 nitrogen and oxygen atoms in total. The van der Waals surface area contributed by atoms with Gasteiger partial charge in [0.15, 0.2) is 0 Å². The first-order chi connectivity index (χ1) is 4.85. The number of hydrogen-bond acceptors (Lipinski definition) is 1. The Morgan fingerprint density at radius 2 is 2.20 bits per heavy atom. The second-order valence-corrected chi connectivity index (χ2v) is 1.92. The van der Waals surface area contributed by atoms with Gasteiger partial charge in [-0.15, -0.1) is 0 Å². The Bertz CT molecular complexity index is 134. The molecule has 0 spiro atoms. The van der Waals surface area contributed by atoms with E-state index in [0.717, 1.165) is 18.6 Å². The number of ether oxygens (including phenoxy) is 1. The molecule has 0 atom stereocenters. The number of methoxy groups -OCH3 is 1. The zero-order valence-corrected chi connectivity index (χ0v) is 6.47. The Kier molecular flexibility index (Phi) is 5.79. The highest BCUT2D eigenvalue weighted by atomic mass is 16.5. The highest BCUT2D eigenvalue weighted by Gasteiger charge is 1.87. The molecule has 0 saturated carbocycles. The van der Waals surface area contributed by atoms with Crippen LogP contribution < -0.4 is 0 Å². The van der Waals surface area contributed by atoms with Gasteiger partial charge in [-0.2, -0.15) is 0 Å². The maximum Gasteiger partial charge on any atom is 0.0502 e. The highest BCUT2D eigenvalue weighted by Crippen LogP contribution is 2.01. The van der Waals surface area contributed by atoms with Crippen molar-refractivity contribution in [1.29, 1.82) is 0 Å². The van der Waals surface area contributed by atoms with Crippen molar-refractivity contribution in [3.63, 3.8) is 0 Å². The summed E-state index contributed by atoms with van der Waals surface area (Å²) in [5.41, 5.74) is 1.16. The lowest BCUT2D eigenvalue weighted by Crippen LogP contribution is -1.88. The topological polar surface area (TPSA) is 9.23 Å². The number of allylic oxidation sites excluding steroid dienone is 3. The highest BCUT2D eigenvalue weighted by molar-refractivity contribution is 5.20. The summed E-state index contributed by atoms with van der Waals surface area (Å²) in [5.74, 6) is 0. The predicted octanol–water partition coefficient (Wildman–Crippen LogP) is 2.32. The van der Waals surface area contributed by atoms with Crippen LogP contribution in [0.25, 0.3) is 0 Å². The Morgan fingerprint density at radius 3 is 2.60 bits per heavy atom. The zero-order chi connectivity index (χ0) is 7.82. The van der Waals surface area contributed by atoms with E-state index in [2.05, 4.69) is 13.2 Å². The molecule has 10 heavy (non-hydrogen) atoms. The van der Waals surface area contributed by atoms with Crippen LogP contribution in [0.1, 0.15) is 6.42 Å². The van der Waals surface area contributed by atoms with Gasteiger partial charge in [-0.25, -0.2) is 0 Å². The summed E-state index contributed by atoms with van der Waals surface area (Å²) in [7, 11) is 1.69. The van der Waals surface area contributed by atoms with Gasteiger partial charge in [0.05, 0.1) is 6.61 Å². The van der Waals surface area contributed by atoms with Crippen LogP contribution in [-0.2, 0) is 4.74 Å². The molecule has 0 radical (unpaired) electrons. The van der Waals surface area contributed by atoms with Crippen molar-refractivity contribution in [2.24, 2.45) is 0 Å². The van der Waals surface area contributed by atoms with Gasteiger partial charge in [0.25, 0.3) is 0 Å². The smallest absolute Gasteiger partial charge is 0.0502 e. The minimum absolute atomic E-state index is 0.742. The van der Waals surface area contributed by atoms with Gasteiger partial charge < -0.3 is 4.74 Å². The third-order valence-electron chi connectivity index (χ3n) is 1.19. The largest absolute Gasteiger partial charge is 0.384 e. The molecule has 0 amide bonds. The SMILES string of the molecule is C=C/C=C(\C=C)CCOC. The van der Waals surface area contributed by atoms with E-state index in [1.165, 1.54) is 0 Å². The number of hydrogen-bond donors (Lipinski definition) is 0. The molecule has 0 heterocycles. The Labute approximate surface area is 62.7 Å². The third kappa shape index (κ3) is 4.10. The molecule has 0 bridgehead atoms. The number of rotatable bonds is 5. The van der Waals surface area contributed by atoms with Crippen molar-refractivity contribution in [2.75, 3.05) is 13.7 Å². The Hall–Kier alpha value is -0.820.